The van der Waals surface area contributed by atoms with E-state index in [1.165, 1.54) is 0 Å². The summed E-state index contributed by atoms with van der Waals surface area (Å²) in [5.74, 6) is 0.841. The molecule has 4 rings (SSSR count). The van der Waals surface area contributed by atoms with Crippen LogP contribution in [0.5, 0.6) is 0 Å². The summed E-state index contributed by atoms with van der Waals surface area (Å²) in [5, 5.41) is 0.716. The fourth-order valence-electron chi connectivity index (χ4n) is 2.74. The quantitative estimate of drug-likeness (QED) is 0.642. The second-order valence-corrected chi connectivity index (χ2v) is 5.47. The van der Waals surface area contributed by atoms with Crippen molar-refractivity contribution in [3.8, 4) is 0 Å². The predicted molar refractivity (Wildman–Crippen MR) is 93.0 cm³/mol. The first-order valence-electron chi connectivity index (χ1n) is 7.27. The van der Waals surface area contributed by atoms with Gasteiger partial charge in [-0.15, -0.1) is 0 Å². The number of hydrogen-bond donors (Lipinski definition) is 0. The van der Waals surface area contributed by atoms with E-state index in [4.69, 9.17) is 12.2 Å². The number of fused-ring (bicyclic) bond motifs is 1. The molecule has 0 saturated heterocycles. The van der Waals surface area contributed by atoms with Gasteiger partial charge in [-0.1, -0.05) is 12.1 Å². The fraction of sp³-hybridized carbons (Fsp3) is 0.125. The minimum absolute atomic E-state index is 0.716. The summed E-state index contributed by atoms with van der Waals surface area (Å²) >= 11 is 5.63. The summed E-state index contributed by atoms with van der Waals surface area (Å²) in [7, 11) is 0. The smallest absolute Gasteiger partial charge is 0.185 e. The number of benzene rings is 1. The van der Waals surface area contributed by atoms with Gasteiger partial charge < -0.3 is 9.80 Å². The highest BCUT2D eigenvalue weighted by Crippen LogP contribution is 2.36. The number of aromatic nitrogens is 4. The summed E-state index contributed by atoms with van der Waals surface area (Å²) < 4.78 is 1.85. The summed E-state index contributed by atoms with van der Waals surface area (Å²) in [6, 6.07) is 8.18. The van der Waals surface area contributed by atoms with E-state index < -0.39 is 0 Å². The molecule has 0 unspecified atom stereocenters. The van der Waals surface area contributed by atoms with Crippen molar-refractivity contribution in [1.29, 1.82) is 0 Å². The van der Waals surface area contributed by atoms with Gasteiger partial charge in [-0.25, -0.2) is 9.97 Å². The van der Waals surface area contributed by atoms with Crippen LogP contribution in [0, 0.1) is 0 Å². The van der Waals surface area contributed by atoms with E-state index in [1.54, 1.807) is 31.1 Å². The minimum atomic E-state index is 0.716. The van der Waals surface area contributed by atoms with Gasteiger partial charge in [0.2, 0.25) is 0 Å². The Labute approximate surface area is 139 Å². The third-order valence-corrected chi connectivity index (χ3v) is 4.22. The van der Waals surface area contributed by atoms with E-state index in [0.29, 0.717) is 5.11 Å². The van der Waals surface area contributed by atoms with Crippen LogP contribution in [-0.2, 0) is 0 Å². The van der Waals surface area contributed by atoms with Gasteiger partial charge in [-0.3, -0.25) is 9.55 Å². The lowest BCUT2D eigenvalue weighted by atomic mass is 10.1. The standard InChI is InChI=1S/C16H14N6S/c23-16(20-8-7-18-12-20)22-10-9-21(15-11-17-5-6-19-15)13-3-1-2-4-14(13)22/h1-8,11-12H,9-10H2. The molecule has 0 fully saturated rings. The van der Waals surface area contributed by atoms with E-state index >= 15 is 0 Å². The molecule has 0 radical (unpaired) electrons. The maximum atomic E-state index is 5.63. The molecule has 23 heavy (non-hydrogen) atoms. The predicted octanol–water partition coefficient (Wildman–Crippen LogP) is 2.46. The van der Waals surface area contributed by atoms with Crippen molar-refractivity contribution in [2.45, 2.75) is 0 Å². The third kappa shape index (κ3) is 2.44. The summed E-state index contributed by atoms with van der Waals surface area (Å²) in [6.45, 7) is 1.55. The second-order valence-electron chi connectivity index (χ2n) is 5.11. The van der Waals surface area contributed by atoms with Gasteiger partial charge in [0.25, 0.3) is 0 Å². The van der Waals surface area contributed by atoms with Crippen molar-refractivity contribution in [2.24, 2.45) is 0 Å². The highest BCUT2D eigenvalue weighted by atomic mass is 32.1. The van der Waals surface area contributed by atoms with Crippen LogP contribution in [-0.4, -0.2) is 37.7 Å². The normalized spacial score (nSPS) is 13.7. The first kappa shape index (κ1) is 13.8. The van der Waals surface area contributed by atoms with Crippen LogP contribution < -0.4 is 9.80 Å². The third-order valence-electron chi connectivity index (χ3n) is 3.79. The van der Waals surface area contributed by atoms with Crippen LogP contribution in [0.25, 0.3) is 0 Å². The van der Waals surface area contributed by atoms with Crippen LogP contribution >= 0.6 is 12.2 Å². The molecule has 0 bridgehead atoms. The van der Waals surface area contributed by atoms with E-state index in [0.717, 1.165) is 30.3 Å². The average Bonchev–Trinajstić information content (AvgIpc) is 3.15. The molecule has 1 aromatic carbocycles. The Kier molecular flexibility index (Phi) is 3.47. The molecular weight excluding hydrogens is 308 g/mol. The molecule has 3 aromatic rings. The molecular formula is C16H14N6S. The molecule has 0 aliphatic carbocycles. The molecule has 0 spiro atoms. The number of rotatable bonds is 1. The number of thiocarbonyl (C=S) groups is 1. The SMILES string of the molecule is S=C(N1CCN(c2cnccn2)c2ccccc21)n1ccnc1. The zero-order valence-corrected chi connectivity index (χ0v) is 13.1. The highest BCUT2D eigenvalue weighted by molar-refractivity contribution is 7.80. The van der Waals surface area contributed by atoms with E-state index in [2.05, 4.69) is 36.9 Å². The lowest BCUT2D eigenvalue weighted by molar-refractivity contribution is 0.840. The van der Waals surface area contributed by atoms with Crippen LogP contribution in [0.1, 0.15) is 0 Å². The first-order valence-corrected chi connectivity index (χ1v) is 7.68. The Balaban J connectivity index is 1.74. The molecule has 0 amide bonds. The van der Waals surface area contributed by atoms with Crippen molar-refractivity contribution >= 4 is 34.5 Å². The topological polar surface area (TPSA) is 50.1 Å². The maximum absolute atomic E-state index is 5.63. The number of anilines is 3. The molecule has 3 heterocycles. The highest BCUT2D eigenvalue weighted by Gasteiger charge is 2.26. The Bertz CT molecular complexity index is 818. The van der Waals surface area contributed by atoms with Gasteiger partial charge >= 0.3 is 0 Å². The van der Waals surface area contributed by atoms with Crippen LogP contribution in [0.2, 0.25) is 0 Å². The van der Waals surface area contributed by atoms with Crippen molar-refractivity contribution in [3.05, 3.63) is 61.6 Å². The summed E-state index contributed by atoms with van der Waals surface area (Å²) in [5.41, 5.74) is 2.13. The van der Waals surface area contributed by atoms with E-state index in [9.17, 15) is 0 Å². The van der Waals surface area contributed by atoms with E-state index in [-0.39, 0.29) is 0 Å². The number of imidazole rings is 1. The number of para-hydroxylation sites is 2. The van der Waals surface area contributed by atoms with Gasteiger partial charge in [-0.05, 0) is 24.4 Å². The van der Waals surface area contributed by atoms with Crippen molar-refractivity contribution in [3.63, 3.8) is 0 Å². The van der Waals surface area contributed by atoms with E-state index in [1.807, 2.05) is 22.9 Å². The summed E-state index contributed by atoms with van der Waals surface area (Å²) in [4.78, 5) is 17.0. The zero-order chi connectivity index (χ0) is 15.6. The Morgan fingerprint density at radius 3 is 2.61 bits per heavy atom. The maximum Gasteiger partial charge on any atom is 0.185 e. The molecule has 7 heteroatoms. The monoisotopic (exact) mass is 322 g/mol. The minimum Gasteiger partial charge on any atom is -0.321 e. The van der Waals surface area contributed by atoms with Crippen LogP contribution in [0.3, 0.4) is 0 Å². The van der Waals surface area contributed by atoms with Crippen molar-refractivity contribution in [2.75, 3.05) is 22.9 Å². The molecule has 114 valence electrons. The lowest BCUT2D eigenvalue weighted by Gasteiger charge is -2.38. The second kappa shape index (κ2) is 5.77. The van der Waals surface area contributed by atoms with Crippen molar-refractivity contribution < 1.29 is 0 Å². The average molecular weight is 322 g/mol. The molecule has 1 aliphatic heterocycles. The molecule has 2 aromatic heterocycles. The largest absolute Gasteiger partial charge is 0.321 e. The fourth-order valence-corrected chi connectivity index (χ4v) is 3.04. The molecule has 0 atom stereocenters. The van der Waals surface area contributed by atoms with Crippen LogP contribution in [0.4, 0.5) is 17.2 Å². The molecule has 1 aliphatic rings. The number of hydrogen-bond acceptors (Lipinski definition) is 5. The van der Waals surface area contributed by atoms with Crippen molar-refractivity contribution in [1.82, 2.24) is 19.5 Å². The van der Waals surface area contributed by atoms with Crippen LogP contribution in [0.15, 0.2) is 61.6 Å². The first-order chi connectivity index (χ1) is 11.3. The van der Waals surface area contributed by atoms with Gasteiger partial charge in [0.05, 0.1) is 17.6 Å². The zero-order valence-electron chi connectivity index (χ0n) is 12.3. The van der Waals surface area contributed by atoms with Gasteiger partial charge in [0.15, 0.2) is 10.9 Å². The Morgan fingerprint density at radius 2 is 1.87 bits per heavy atom. The molecule has 0 saturated carbocycles. The Morgan fingerprint density at radius 1 is 1.00 bits per heavy atom. The van der Waals surface area contributed by atoms with Gasteiger partial charge in [-0.2, -0.15) is 0 Å². The van der Waals surface area contributed by atoms with Gasteiger partial charge in [0.1, 0.15) is 6.33 Å². The van der Waals surface area contributed by atoms with Gasteiger partial charge in [0, 0.05) is 37.9 Å². The number of nitrogens with zero attached hydrogens (tertiary/aromatic N) is 6. The molecule has 6 nitrogen and oxygen atoms in total. The Hall–Kier alpha value is -2.80. The molecule has 0 N–H and O–H groups in total. The lowest BCUT2D eigenvalue weighted by Crippen LogP contribution is -2.44. The summed E-state index contributed by atoms with van der Waals surface area (Å²) in [6.07, 6.45) is 10.5.